The van der Waals surface area contributed by atoms with Crippen molar-refractivity contribution in [3.63, 3.8) is 0 Å². The second-order valence-electron chi connectivity index (χ2n) is 15.6. The molecule has 1 aliphatic carbocycles. The quantitative estimate of drug-likeness (QED) is 0.144. The highest BCUT2D eigenvalue weighted by Gasteiger charge is 2.46. The summed E-state index contributed by atoms with van der Waals surface area (Å²) >= 11 is 0. The van der Waals surface area contributed by atoms with Crippen LogP contribution in [0.25, 0.3) is 33.0 Å². The maximum absolute atomic E-state index is 2.51. The fraction of sp³-hybridized carbons (Fsp3) is 0.0169. The van der Waals surface area contributed by atoms with E-state index in [4.69, 9.17) is 0 Å². The summed E-state index contributed by atoms with van der Waals surface area (Å²) < 4.78 is 0. The molecule has 10 aromatic rings. The van der Waals surface area contributed by atoms with E-state index in [1.54, 1.807) is 0 Å². The summed E-state index contributed by atoms with van der Waals surface area (Å²) in [7, 11) is 0. The first kappa shape index (κ1) is 36.2. The van der Waals surface area contributed by atoms with Crippen LogP contribution >= 0.6 is 0 Å². The third-order valence-corrected chi connectivity index (χ3v) is 12.3. The van der Waals surface area contributed by atoms with Gasteiger partial charge in [-0.05, 0) is 104 Å². The predicted molar refractivity (Wildman–Crippen MR) is 256 cm³/mol. The van der Waals surface area contributed by atoms with E-state index < -0.39 is 5.41 Å². The number of hydrogen-bond donors (Lipinski definition) is 0. The summed E-state index contributed by atoms with van der Waals surface area (Å²) in [6.45, 7) is 0. The SMILES string of the molecule is c1ccc(-c2c(N(c3ccc4c(c3)C(c3ccccc3)(c3ccccc3)c3ccccc3-4)c3ccccc3N(c3ccccc3)c3ccccc3)ccc3ccccc23)cc1. The molecule has 2 nitrogen and oxygen atoms in total. The second-order valence-corrected chi connectivity index (χ2v) is 15.6. The van der Waals surface area contributed by atoms with Gasteiger partial charge in [0.05, 0.1) is 22.5 Å². The molecular weight excluding hydrogens is 737 g/mol. The Morgan fingerprint density at radius 2 is 0.787 bits per heavy atom. The van der Waals surface area contributed by atoms with Gasteiger partial charge < -0.3 is 9.80 Å². The van der Waals surface area contributed by atoms with E-state index in [-0.39, 0.29) is 0 Å². The van der Waals surface area contributed by atoms with Crippen LogP contribution in [0.5, 0.6) is 0 Å². The lowest BCUT2D eigenvalue weighted by molar-refractivity contribution is 0.768. The van der Waals surface area contributed by atoms with Crippen LogP contribution in [0.1, 0.15) is 22.3 Å². The molecule has 11 rings (SSSR count). The minimum atomic E-state index is -0.554. The van der Waals surface area contributed by atoms with Crippen LogP contribution in [0.4, 0.5) is 34.1 Å². The summed E-state index contributed by atoms with van der Waals surface area (Å²) in [5.74, 6) is 0. The van der Waals surface area contributed by atoms with Crippen LogP contribution < -0.4 is 9.80 Å². The van der Waals surface area contributed by atoms with Crippen molar-refractivity contribution >= 4 is 44.9 Å². The lowest BCUT2D eigenvalue weighted by Gasteiger charge is -2.36. The molecule has 10 aromatic carbocycles. The van der Waals surface area contributed by atoms with Crippen LogP contribution in [0.15, 0.2) is 255 Å². The Morgan fingerprint density at radius 3 is 1.43 bits per heavy atom. The van der Waals surface area contributed by atoms with E-state index in [2.05, 4.69) is 265 Å². The summed E-state index contributed by atoms with van der Waals surface area (Å²) in [6.07, 6.45) is 0. The second kappa shape index (κ2) is 15.3. The molecular formula is C59H42N2. The minimum Gasteiger partial charge on any atom is -0.308 e. The summed E-state index contributed by atoms with van der Waals surface area (Å²) in [6, 6.07) is 92.8. The van der Waals surface area contributed by atoms with E-state index >= 15 is 0 Å². The monoisotopic (exact) mass is 778 g/mol. The van der Waals surface area contributed by atoms with Gasteiger partial charge in [0.25, 0.3) is 0 Å². The molecule has 0 fully saturated rings. The van der Waals surface area contributed by atoms with Crippen LogP contribution in [-0.2, 0) is 5.41 Å². The van der Waals surface area contributed by atoms with Crippen molar-refractivity contribution in [3.05, 3.63) is 277 Å². The molecule has 2 heteroatoms. The van der Waals surface area contributed by atoms with E-state index in [0.29, 0.717) is 0 Å². The number of para-hydroxylation sites is 4. The van der Waals surface area contributed by atoms with Gasteiger partial charge in [0, 0.05) is 22.6 Å². The summed E-state index contributed by atoms with van der Waals surface area (Å²) in [5, 5.41) is 2.40. The zero-order valence-electron chi connectivity index (χ0n) is 33.6. The lowest BCUT2D eigenvalue weighted by atomic mass is 9.67. The lowest BCUT2D eigenvalue weighted by Crippen LogP contribution is -2.28. The van der Waals surface area contributed by atoms with Gasteiger partial charge in [0.15, 0.2) is 0 Å². The standard InChI is InChI=1S/C59H42N2/c1-6-23-44(24-7-1)58-50-33-17-16-22-43(50)38-41-57(58)61(56-37-21-20-36-55(56)60(47-29-12-4-13-30-47)48-31-14-5-15-32-48)49-39-40-52-51-34-18-19-35-53(51)59(54(52)42-49,45-25-8-2-9-26-45)46-27-10-3-11-28-46/h1-42H. The highest BCUT2D eigenvalue weighted by atomic mass is 15.2. The fourth-order valence-corrected chi connectivity index (χ4v) is 9.76. The van der Waals surface area contributed by atoms with Crippen molar-refractivity contribution in [2.24, 2.45) is 0 Å². The summed E-state index contributed by atoms with van der Waals surface area (Å²) in [5.41, 5.74) is 15.8. The Balaban J connectivity index is 1.25. The van der Waals surface area contributed by atoms with Crippen molar-refractivity contribution in [1.29, 1.82) is 0 Å². The maximum atomic E-state index is 2.51. The molecule has 0 bridgehead atoms. The zero-order chi connectivity index (χ0) is 40.6. The van der Waals surface area contributed by atoms with Crippen molar-refractivity contribution < 1.29 is 0 Å². The van der Waals surface area contributed by atoms with E-state index in [9.17, 15) is 0 Å². The number of benzene rings is 10. The molecule has 0 saturated heterocycles. The van der Waals surface area contributed by atoms with Gasteiger partial charge >= 0.3 is 0 Å². The summed E-state index contributed by atoms with van der Waals surface area (Å²) in [4.78, 5) is 4.89. The molecule has 1 aliphatic rings. The minimum absolute atomic E-state index is 0.554. The normalized spacial score (nSPS) is 12.4. The fourth-order valence-electron chi connectivity index (χ4n) is 9.76. The zero-order valence-corrected chi connectivity index (χ0v) is 33.6. The molecule has 0 spiro atoms. The molecule has 0 radical (unpaired) electrons. The van der Waals surface area contributed by atoms with E-state index in [1.165, 1.54) is 49.7 Å². The molecule has 61 heavy (non-hydrogen) atoms. The largest absolute Gasteiger partial charge is 0.308 e. The highest BCUT2D eigenvalue weighted by Crippen LogP contribution is 2.58. The van der Waals surface area contributed by atoms with Crippen molar-refractivity contribution in [1.82, 2.24) is 0 Å². The highest BCUT2D eigenvalue weighted by molar-refractivity contribution is 6.07. The smallest absolute Gasteiger partial charge is 0.0714 e. The molecule has 0 saturated carbocycles. The molecule has 0 atom stereocenters. The van der Waals surface area contributed by atoms with E-state index in [1.807, 2.05) is 0 Å². The number of fused-ring (bicyclic) bond motifs is 4. The maximum Gasteiger partial charge on any atom is 0.0714 e. The molecule has 0 aliphatic heterocycles. The Labute approximate surface area is 357 Å². The number of anilines is 6. The first-order valence-corrected chi connectivity index (χ1v) is 21.0. The first-order valence-electron chi connectivity index (χ1n) is 21.0. The Kier molecular flexibility index (Phi) is 9.09. The van der Waals surface area contributed by atoms with Gasteiger partial charge in [0.2, 0.25) is 0 Å². The number of hydrogen-bond acceptors (Lipinski definition) is 2. The van der Waals surface area contributed by atoms with Crippen LogP contribution in [-0.4, -0.2) is 0 Å². The van der Waals surface area contributed by atoms with Crippen molar-refractivity contribution in [2.45, 2.75) is 5.41 Å². The van der Waals surface area contributed by atoms with Gasteiger partial charge in [-0.15, -0.1) is 0 Å². The topological polar surface area (TPSA) is 6.48 Å². The van der Waals surface area contributed by atoms with Gasteiger partial charge in [-0.25, -0.2) is 0 Å². The molecule has 0 heterocycles. The molecule has 0 N–H and O–H groups in total. The van der Waals surface area contributed by atoms with Gasteiger partial charge in [-0.1, -0.05) is 200 Å². The molecule has 0 amide bonds. The van der Waals surface area contributed by atoms with Gasteiger partial charge in [0.1, 0.15) is 0 Å². The first-order chi connectivity index (χ1) is 30.3. The predicted octanol–water partition coefficient (Wildman–Crippen LogP) is 15.8. The van der Waals surface area contributed by atoms with Crippen LogP contribution in [0.2, 0.25) is 0 Å². The average Bonchev–Trinajstić information content (AvgIpc) is 3.64. The number of nitrogens with zero attached hydrogens (tertiary/aromatic N) is 2. The van der Waals surface area contributed by atoms with Crippen LogP contribution in [0.3, 0.4) is 0 Å². The third-order valence-electron chi connectivity index (χ3n) is 12.3. The average molecular weight is 779 g/mol. The third kappa shape index (κ3) is 6.03. The molecule has 288 valence electrons. The Bertz CT molecular complexity index is 3050. The van der Waals surface area contributed by atoms with Crippen molar-refractivity contribution in [2.75, 3.05) is 9.80 Å². The Morgan fingerprint density at radius 1 is 0.295 bits per heavy atom. The van der Waals surface area contributed by atoms with Gasteiger partial charge in [-0.2, -0.15) is 0 Å². The molecule has 0 unspecified atom stereocenters. The van der Waals surface area contributed by atoms with Gasteiger partial charge in [-0.3, -0.25) is 0 Å². The van der Waals surface area contributed by atoms with Crippen molar-refractivity contribution in [3.8, 4) is 22.3 Å². The van der Waals surface area contributed by atoms with E-state index in [0.717, 1.165) is 39.7 Å². The van der Waals surface area contributed by atoms with Crippen LogP contribution in [0, 0.1) is 0 Å². The number of rotatable bonds is 9. The Hall–Kier alpha value is -7.94. The molecule has 0 aromatic heterocycles.